The largest absolute Gasteiger partial charge is 0.364 e. The van der Waals surface area contributed by atoms with Crippen molar-refractivity contribution in [3.63, 3.8) is 0 Å². The van der Waals surface area contributed by atoms with Crippen molar-refractivity contribution >= 4 is 11.8 Å². The highest BCUT2D eigenvalue weighted by atomic mass is 16.2. The highest BCUT2D eigenvalue weighted by molar-refractivity contribution is 5.95. The van der Waals surface area contributed by atoms with Crippen LogP contribution in [-0.4, -0.2) is 46.9 Å². The third-order valence-electron chi connectivity index (χ3n) is 4.28. The molecule has 2 heterocycles. The van der Waals surface area contributed by atoms with Crippen LogP contribution < -0.4 is 11.1 Å². The number of nitrogens with zero attached hydrogens (tertiary/aromatic N) is 3. The molecule has 1 aromatic heterocycles. The van der Waals surface area contributed by atoms with E-state index in [1.165, 1.54) is 0 Å². The number of benzene rings is 1. The van der Waals surface area contributed by atoms with Gasteiger partial charge in [0.05, 0.1) is 5.69 Å². The number of nitrogens with two attached hydrogens (primary N) is 1. The molecule has 0 radical (unpaired) electrons. The molecule has 24 heavy (non-hydrogen) atoms. The van der Waals surface area contributed by atoms with Crippen LogP contribution in [0.5, 0.6) is 0 Å². The van der Waals surface area contributed by atoms with Gasteiger partial charge in [-0.15, -0.1) is 0 Å². The molecule has 1 aromatic carbocycles. The fraction of sp³-hybridized carbons (Fsp3) is 0.353. The molecule has 0 saturated heterocycles. The lowest BCUT2D eigenvalue weighted by molar-refractivity contribution is 0.0961. The van der Waals surface area contributed by atoms with Crippen molar-refractivity contribution in [3.8, 4) is 11.4 Å². The van der Waals surface area contributed by atoms with Crippen molar-refractivity contribution < 1.29 is 9.59 Å². The topological polar surface area (TPSA) is 93.3 Å². The van der Waals surface area contributed by atoms with E-state index in [0.717, 1.165) is 36.6 Å². The molecule has 126 valence electrons. The smallest absolute Gasteiger partial charge is 0.269 e. The molecular formula is C17H21N5O2. The van der Waals surface area contributed by atoms with Crippen molar-refractivity contribution in [3.05, 3.63) is 41.2 Å². The first-order chi connectivity index (χ1) is 11.5. The number of rotatable bonds is 3. The van der Waals surface area contributed by atoms with E-state index in [2.05, 4.69) is 19.8 Å². The molecule has 7 nitrogen and oxygen atoms in total. The molecular weight excluding hydrogens is 306 g/mol. The number of hydrogen-bond acceptors (Lipinski definition) is 4. The van der Waals surface area contributed by atoms with Crippen molar-refractivity contribution in [1.82, 2.24) is 19.8 Å². The van der Waals surface area contributed by atoms with Crippen LogP contribution >= 0.6 is 0 Å². The maximum atomic E-state index is 11.8. The zero-order valence-corrected chi connectivity index (χ0v) is 13.9. The molecule has 2 amide bonds. The summed E-state index contributed by atoms with van der Waals surface area (Å²) in [5.41, 5.74) is 8.15. The molecule has 3 N–H and O–H groups in total. The minimum absolute atomic E-state index is 0.136. The van der Waals surface area contributed by atoms with Crippen LogP contribution in [0.15, 0.2) is 24.3 Å². The number of amides is 2. The first kappa shape index (κ1) is 16.2. The molecule has 7 heteroatoms. The van der Waals surface area contributed by atoms with E-state index in [1.54, 1.807) is 19.2 Å². The van der Waals surface area contributed by atoms with Crippen LogP contribution in [0.2, 0.25) is 0 Å². The normalized spacial score (nSPS) is 14.8. The van der Waals surface area contributed by atoms with Crippen LogP contribution in [0.3, 0.4) is 0 Å². The van der Waals surface area contributed by atoms with E-state index in [-0.39, 0.29) is 5.91 Å². The standard InChI is InChI=1S/C17H21N5O2/c1-19-17(24)12-6-4-11(5-7-12)16-20-14(15(18)23)13-10-21(2)8-3-9-22(13)16/h4-7H,3,8-10H2,1-2H3,(H2,18,23)(H,19,24). The number of carbonyl (C=O) groups excluding carboxylic acids is 2. The number of primary amides is 1. The van der Waals surface area contributed by atoms with Gasteiger partial charge < -0.3 is 20.5 Å². The maximum absolute atomic E-state index is 11.8. The van der Waals surface area contributed by atoms with Crippen LogP contribution in [0.4, 0.5) is 0 Å². The van der Waals surface area contributed by atoms with Crippen LogP contribution in [0, 0.1) is 0 Å². The quantitative estimate of drug-likeness (QED) is 0.874. The van der Waals surface area contributed by atoms with E-state index in [9.17, 15) is 9.59 Å². The molecule has 0 bridgehead atoms. The highest BCUT2D eigenvalue weighted by Crippen LogP contribution is 2.26. The summed E-state index contributed by atoms with van der Waals surface area (Å²) >= 11 is 0. The molecule has 0 spiro atoms. The molecule has 1 aliphatic rings. The number of hydrogen-bond donors (Lipinski definition) is 2. The van der Waals surface area contributed by atoms with Crippen LogP contribution in [-0.2, 0) is 13.1 Å². The fourth-order valence-electron chi connectivity index (χ4n) is 3.05. The number of fused-ring (bicyclic) bond motifs is 1. The van der Waals surface area contributed by atoms with E-state index in [1.807, 2.05) is 19.2 Å². The lowest BCUT2D eigenvalue weighted by atomic mass is 10.1. The average molecular weight is 327 g/mol. The van der Waals surface area contributed by atoms with Crippen molar-refractivity contribution in [2.24, 2.45) is 5.73 Å². The Bertz CT molecular complexity index is 779. The average Bonchev–Trinajstić information content (AvgIpc) is 2.82. The van der Waals surface area contributed by atoms with Gasteiger partial charge in [0.15, 0.2) is 5.69 Å². The molecule has 0 saturated carbocycles. The molecule has 0 atom stereocenters. The molecule has 1 aliphatic heterocycles. The third kappa shape index (κ3) is 2.90. The van der Waals surface area contributed by atoms with Crippen LogP contribution in [0.1, 0.15) is 33.0 Å². The second-order valence-electron chi connectivity index (χ2n) is 5.99. The van der Waals surface area contributed by atoms with E-state index >= 15 is 0 Å². The SMILES string of the molecule is CNC(=O)c1ccc(-c2nc(C(N)=O)c3n2CCCN(C)C3)cc1. The minimum Gasteiger partial charge on any atom is -0.364 e. The summed E-state index contributed by atoms with van der Waals surface area (Å²) in [6.45, 7) is 2.38. The van der Waals surface area contributed by atoms with Gasteiger partial charge in [0, 0.05) is 31.3 Å². The third-order valence-corrected chi connectivity index (χ3v) is 4.28. The Balaban J connectivity index is 2.06. The molecule has 0 fully saturated rings. The highest BCUT2D eigenvalue weighted by Gasteiger charge is 2.24. The van der Waals surface area contributed by atoms with Gasteiger partial charge in [0.25, 0.3) is 11.8 Å². The Kier molecular flexibility index (Phi) is 4.35. The number of nitrogens with one attached hydrogen (secondary N) is 1. The summed E-state index contributed by atoms with van der Waals surface area (Å²) in [4.78, 5) is 30.1. The van der Waals surface area contributed by atoms with Crippen molar-refractivity contribution in [2.75, 3.05) is 20.6 Å². The zero-order valence-electron chi connectivity index (χ0n) is 13.9. The zero-order chi connectivity index (χ0) is 17.3. The van der Waals surface area contributed by atoms with Gasteiger partial charge in [0.2, 0.25) is 0 Å². The molecule has 0 aliphatic carbocycles. The van der Waals surface area contributed by atoms with Crippen LogP contribution in [0.25, 0.3) is 11.4 Å². The van der Waals surface area contributed by atoms with Gasteiger partial charge in [-0.2, -0.15) is 0 Å². The summed E-state index contributed by atoms with van der Waals surface area (Å²) in [6.07, 6.45) is 0.974. The Morgan fingerprint density at radius 1 is 1.21 bits per heavy atom. The van der Waals surface area contributed by atoms with E-state index < -0.39 is 5.91 Å². The first-order valence-corrected chi connectivity index (χ1v) is 7.91. The van der Waals surface area contributed by atoms with Crippen molar-refractivity contribution in [2.45, 2.75) is 19.5 Å². The van der Waals surface area contributed by atoms with E-state index in [4.69, 9.17) is 5.73 Å². The van der Waals surface area contributed by atoms with Gasteiger partial charge >= 0.3 is 0 Å². The Morgan fingerprint density at radius 3 is 2.54 bits per heavy atom. The van der Waals surface area contributed by atoms with Gasteiger partial charge in [-0.05, 0) is 32.1 Å². The number of imidazole rings is 1. The lowest BCUT2D eigenvalue weighted by Gasteiger charge is -2.12. The Labute approximate surface area is 140 Å². The monoisotopic (exact) mass is 327 g/mol. The Hall–Kier alpha value is -2.67. The fourth-order valence-corrected chi connectivity index (χ4v) is 3.05. The van der Waals surface area contributed by atoms with Gasteiger partial charge in [-0.3, -0.25) is 9.59 Å². The summed E-state index contributed by atoms with van der Waals surface area (Å²) < 4.78 is 2.07. The predicted octanol–water partition coefficient (Wildman–Crippen LogP) is 0.844. The van der Waals surface area contributed by atoms with Gasteiger partial charge in [-0.25, -0.2) is 4.98 Å². The summed E-state index contributed by atoms with van der Waals surface area (Å²) in [7, 11) is 3.62. The lowest BCUT2D eigenvalue weighted by Crippen LogP contribution is -2.21. The number of carbonyl (C=O) groups is 2. The Morgan fingerprint density at radius 2 is 1.92 bits per heavy atom. The van der Waals surface area contributed by atoms with Crippen molar-refractivity contribution in [1.29, 1.82) is 0 Å². The maximum Gasteiger partial charge on any atom is 0.269 e. The first-order valence-electron chi connectivity index (χ1n) is 7.91. The van der Waals surface area contributed by atoms with Gasteiger partial charge in [0.1, 0.15) is 5.82 Å². The predicted molar refractivity (Wildman–Crippen MR) is 90.5 cm³/mol. The molecule has 0 unspecified atom stereocenters. The second kappa shape index (κ2) is 6.45. The van der Waals surface area contributed by atoms with E-state index in [0.29, 0.717) is 17.8 Å². The molecule has 3 rings (SSSR count). The second-order valence-corrected chi connectivity index (χ2v) is 5.99. The minimum atomic E-state index is -0.512. The van der Waals surface area contributed by atoms with Gasteiger partial charge in [-0.1, -0.05) is 12.1 Å². The summed E-state index contributed by atoms with van der Waals surface area (Å²) in [5.74, 6) is 0.0720. The summed E-state index contributed by atoms with van der Waals surface area (Å²) in [6, 6.07) is 7.20. The molecule has 2 aromatic rings. The summed E-state index contributed by atoms with van der Waals surface area (Å²) in [5, 5.41) is 2.60. The number of aromatic nitrogens is 2.